The van der Waals surface area contributed by atoms with Crippen molar-refractivity contribution < 1.29 is 9.59 Å². The Labute approximate surface area is 142 Å². The SMILES string of the molecule is NC(=O)C1CCCN1Cc1cccc(NC(=O)C2(N)CCCC2)c1. The average molecular weight is 330 g/mol. The lowest BCUT2D eigenvalue weighted by molar-refractivity contribution is -0.122. The smallest absolute Gasteiger partial charge is 0.244 e. The van der Waals surface area contributed by atoms with Gasteiger partial charge >= 0.3 is 0 Å². The molecule has 0 bridgehead atoms. The molecule has 1 saturated heterocycles. The first-order chi connectivity index (χ1) is 11.5. The molecule has 1 unspecified atom stereocenters. The largest absolute Gasteiger partial charge is 0.368 e. The van der Waals surface area contributed by atoms with Crippen LogP contribution in [0.2, 0.25) is 0 Å². The Morgan fingerprint density at radius 3 is 2.71 bits per heavy atom. The third kappa shape index (κ3) is 3.60. The second kappa shape index (κ2) is 6.91. The third-order valence-corrected chi connectivity index (χ3v) is 5.21. The van der Waals surface area contributed by atoms with Crippen LogP contribution in [0.5, 0.6) is 0 Å². The number of hydrogen-bond donors (Lipinski definition) is 3. The highest BCUT2D eigenvalue weighted by molar-refractivity contribution is 5.98. The van der Waals surface area contributed by atoms with E-state index in [4.69, 9.17) is 11.5 Å². The quantitative estimate of drug-likeness (QED) is 0.758. The zero-order chi connectivity index (χ0) is 17.2. The molecule has 1 heterocycles. The highest BCUT2D eigenvalue weighted by atomic mass is 16.2. The Hall–Kier alpha value is -1.92. The lowest BCUT2D eigenvalue weighted by Crippen LogP contribution is -2.48. The van der Waals surface area contributed by atoms with E-state index in [0.717, 1.165) is 56.3 Å². The third-order valence-electron chi connectivity index (χ3n) is 5.21. The molecule has 1 aromatic rings. The summed E-state index contributed by atoms with van der Waals surface area (Å²) in [5.41, 5.74) is 12.7. The summed E-state index contributed by atoms with van der Waals surface area (Å²) in [6.07, 6.45) is 5.31. The number of amides is 2. The molecule has 0 radical (unpaired) electrons. The summed E-state index contributed by atoms with van der Waals surface area (Å²) >= 11 is 0. The van der Waals surface area contributed by atoms with Gasteiger partial charge in [0, 0.05) is 12.2 Å². The molecule has 6 nitrogen and oxygen atoms in total. The summed E-state index contributed by atoms with van der Waals surface area (Å²) in [5, 5.41) is 2.95. The molecular weight excluding hydrogens is 304 g/mol. The standard InChI is InChI=1S/C18H26N4O2/c19-16(23)15-7-4-10-22(15)12-13-5-3-6-14(11-13)21-17(24)18(20)8-1-2-9-18/h3,5-6,11,15H,1-2,4,7-10,12,20H2,(H2,19,23)(H,21,24). The number of nitrogens with zero attached hydrogens (tertiary/aromatic N) is 1. The van der Waals surface area contributed by atoms with Crippen molar-refractivity contribution in [2.45, 2.75) is 56.7 Å². The number of carbonyl (C=O) groups is 2. The van der Waals surface area contributed by atoms with Crippen molar-refractivity contribution in [2.24, 2.45) is 11.5 Å². The van der Waals surface area contributed by atoms with Crippen LogP contribution >= 0.6 is 0 Å². The average Bonchev–Trinajstić information content (AvgIpc) is 3.17. The molecule has 130 valence electrons. The molecule has 2 amide bonds. The van der Waals surface area contributed by atoms with Gasteiger partial charge in [0.15, 0.2) is 0 Å². The van der Waals surface area contributed by atoms with Gasteiger partial charge < -0.3 is 16.8 Å². The Morgan fingerprint density at radius 2 is 2.00 bits per heavy atom. The van der Waals surface area contributed by atoms with E-state index in [1.165, 1.54) is 0 Å². The Bertz CT molecular complexity index is 625. The summed E-state index contributed by atoms with van der Waals surface area (Å²) in [6.45, 7) is 1.53. The summed E-state index contributed by atoms with van der Waals surface area (Å²) in [6, 6.07) is 7.55. The van der Waals surface area contributed by atoms with Gasteiger partial charge in [0.2, 0.25) is 11.8 Å². The molecule has 3 rings (SSSR count). The number of carbonyl (C=O) groups excluding carboxylic acids is 2. The number of primary amides is 1. The maximum Gasteiger partial charge on any atom is 0.244 e. The second-order valence-electron chi connectivity index (χ2n) is 7.05. The number of hydrogen-bond acceptors (Lipinski definition) is 4. The lowest BCUT2D eigenvalue weighted by Gasteiger charge is -2.23. The van der Waals surface area contributed by atoms with Gasteiger partial charge in [-0.25, -0.2) is 0 Å². The van der Waals surface area contributed by atoms with Crippen LogP contribution in [0.15, 0.2) is 24.3 Å². The van der Waals surface area contributed by atoms with Gasteiger partial charge in [0.25, 0.3) is 0 Å². The molecule has 24 heavy (non-hydrogen) atoms. The van der Waals surface area contributed by atoms with Gasteiger partial charge in [-0.1, -0.05) is 25.0 Å². The topological polar surface area (TPSA) is 101 Å². The van der Waals surface area contributed by atoms with Gasteiger partial charge in [0.05, 0.1) is 11.6 Å². The second-order valence-corrected chi connectivity index (χ2v) is 7.05. The van der Waals surface area contributed by atoms with E-state index >= 15 is 0 Å². The van der Waals surface area contributed by atoms with Crippen LogP contribution in [0.4, 0.5) is 5.69 Å². The first-order valence-electron chi connectivity index (χ1n) is 8.71. The van der Waals surface area contributed by atoms with Crippen molar-refractivity contribution in [3.05, 3.63) is 29.8 Å². The number of nitrogens with one attached hydrogen (secondary N) is 1. The Balaban J connectivity index is 1.66. The fourth-order valence-electron chi connectivity index (χ4n) is 3.81. The molecule has 0 aromatic heterocycles. The Kier molecular flexibility index (Phi) is 4.87. The zero-order valence-electron chi connectivity index (χ0n) is 14.0. The van der Waals surface area contributed by atoms with Gasteiger partial charge in [-0.05, 0) is 49.9 Å². The van der Waals surface area contributed by atoms with E-state index < -0.39 is 5.54 Å². The number of nitrogens with two attached hydrogens (primary N) is 2. The van der Waals surface area contributed by atoms with Crippen molar-refractivity contribution in [3.63, 3.8) is 0 Å². The molecule has 1 atom stereocenters. The van der Waals surface area contributed by atoms with Crippen molar-refractivity contribution in [2.75, 3.05) is 11.9 Å². The van der Waals surface area contributed by atoms with Crippen LogP contribution in [0.1, 0.15) is 44.1 Å². The van der Waals surface area contributed by atoms with Crippen molar-refractivity contribution in [1.82, 2.24) is 4.90 Å². The molecule has 1 saturated carbocycles. The van der Waals surface area contributed by atoms with Crippen LogP contribution in [-0.2, 0) is 16.1 Å². The molecule has 2 fully saturated rings. The van der Waals surface area contributed by atoms with E-state index in [1.54, 1.807) is 0 Å². The number of rotatable bonds is 5. The number of benzene rings is 1. The lowest BCUT2D eigenvalue weighted by atomic mass is 9.98. The fourth-order valence-corrected chi connectivity index (χ4v) is 3.81. The van der Waals surface area contributed by atoms with Gasteiger partial charge in [-0.3, -0.25) is 14.5 Å². The highest BCUT2D eigenvalue weighted by Gasteiger charge is 2.37. The van der Waals surface area contributed by atoms with Crippen LogP contribution < -0.4 is 16.8 Å². The Morgan fingerprint density at radius 1 is 1.25 bits per heavy atom. The molecule has 1 aliphatic carbocycles. The van der Waals surface area contributed by atoms with Crippen LogP contribution in [0.25, 0.3) is 0 Å². The summed E-state index contributed by atoms with van der Waals surface area (Å²) < 4.78 is 0. The maximum absolute atomic E-state index is 12.4. The minimum Gasteiger partial charge on any atom is -0.368 e. The van der Waals surface area contributed by atoms with Crippen LogP contribution in [0, 0.1) is 0 Å². The molecular formula is C18H26N4O2. The molecule has 6 heteroatoms. The number of anilines is 1. The normalized spacial score (nSPS) is 23.3. The van der Waals surface area contributed by atoms with E-state index in [-0.39, 0.29) is 17.9 Å². The van der Waals surface area contributed by atoms with Crippen LogP contribution in [0.3, 0.4) is 0 Å². The minimum atomic E-state index is -0.734. The fraction of sp³-hybridized carbons (Fsp3) is 0.556. The molecule has 1 aromatic carbocycles. The molecule has 1 aliphatic heterocycles. The molecule has 0 spiro atoms. The highest BCUT2D eigenvalue weighted by Crippen LogP contribution is 2.28. The van der Waals surface area contributed by atoms with E-state index in [2.05, 4.69) is 10.2 Å². The van der Waals surface area contributed by atoms with E-state index in [1.807, 2.05) is 24.3 Å². The number of likely N-dealkylation sites (tertiary alicyclic amines) is 1. The molecule has 5 N–H and O–H groups in total. The predicted octanol–water partition coefficient (Wildman–Crippen LogP) is 1.35. The van der Waals surface area contributed by atoms with Crippen molar-refractivity contribution in [3.8, 4) is 0 Å². The van der Waals surface area contributed by atoms with E-state index in [0.29, 0.717) is 6.54 Å². The van der Waals surface area contributed by atoms with Gasteiger partial charge in [-0.15, -0.1) is 0 Å². The van der Waals surface area contributed by atoms with Crippen molar-refractivity contribution in [1.29, 1.82) is 0 Å². The van der Waals surface area contributed by atoms with E-state index in [9.17, 15) is 9.59 Å². The zero-order valence-corrected chi connectivity index (χ0v) is 14.0. The first-order valence-corrected chi connectivity index (χ1v) is 8.71. The molecule has 2 aliphatic rings. The summed E-state index contributed by atoms with van der Waals surface area (Å²) in [5.74, 6) is -0.364. The maximum atomic E-state index is 12.4. The predicted molar refractivity (Wildman–Crippen MR) is 93.1 cm³/mol. The van der Waals surface area contributed by atoms with Crippen LogP contribution in [-0.4, -0.2) is 34.8 Å². The summed E-state index contributed by atoms with van der Waals surface area (Å²) in [7, 11) is 0. The van der Waals surface area contributed by atoms with Gasteiger partial charge in [0.1, 0.15) is 0 Å². The van der Waals surface area contributed by atoms with Gasteiger partial charge in [-0.2, -0.15) is 0 Å². The van der Waals surface area contributed by atoms with Crippen molar-refractivity contribution >= 4 is 17.5 Å². The first kappa shape index (κ1) is 16.9. The summed E-state index contributed by atoms with van der Waals surface area (Å²) in [4.78, 5) is 26.0. The monoisotopic (exact) mass is 330 g/mol. The minimum absolute atomic E-state index is 0.103.